The molecule has 1 N–H and O–H groups in total. The molecule has 0 spiro atoms. The Morgan fingerprint density at radius 2 is 2.09 bits per heavy atom. The molecule has 2 aromatic rings. The summed E-state index contributed by atoms with van der Waals surface area (Å²) < 4.78 is 5.66. The summed E-state index contributed by atoms with van der Waals surface area (Å²) in [6.45, 7) is 2.67. The number of nitrogens with one attached hydrogen (secondary N) is 1. The quantitative estimate of drug-likeness (QED) is 0.900. The van der Waals surface area contributed by atoms with Gasteiger partial charge in [-0.25, -0.2) is 4.98 Å². The highest BCUT2D eigenvalue weighted by molar-refractivity contribution is 7.07. The first-order chi connectivity index (χ1) is 11.2. The number of ether oxygens (including phenoxy) is 1. The summed E-state index contributed by atoms with van der Waals surface area (Å²) in [5.74, 6) is 1.32. The molecule has 0 bridgehead atoms. The van der Waals surface area contributed by atoms with Crippen molar-refractivity contribution in [1.29, 1.82) is 0 Å². The van der Waals surface area contributed by atoms with Gasteiger partial charge in [-0.2, -0.15) is 0 Å². The molecule has 1 aliphatic carbocycles. The highest BCUT2D eigenvalue weighted by Crippen LogP contribution is 2.24. The monoisotopic (exact) mass is 330 g/mol. The van der Waals surface area contributed by atoms with Crippen molar-refractivity contribution in [2.75, 3.05) is 0 Å². The van der Waals surface area contributed by atoms with Crippen molar-refractivity contribution in [2.24, 2.45) is 5.92 Å². The van der Waals surface area contributed by atoms with Gasteiger partial charge in [0, 0.05) is 17.0 Å². The van der Waals surface area contributed by atoms with E-state index < -0.39 is 0 Å². The fourth-order valence-electron chi connectivity index (χ4n) is 2.95. The highest BCUT2D eigenvalue weighted by atomic mass is 32.1. The van der Waals surface area contributed by atoms with Crippen LogP contribution >= 0.6 is 11.3 Å². The van der Waals surface area contributed by atoms with Gasteiger partial charge in [0.15, 0.2) is 0 Å². The van der Waals surface area contributed by atoms with Gasteiger partial charge >= 0.3 is 0 Å². The number of hydrogen-bond donors (Lipinski definition) is 1. The van der Waals surface area contributed by atoms with Gasteiger partial charge < -0.3 is 10.1 Å². The molecule has 1 aromatic heterocycles. The first-order valence-corrected chi connectivity index (χ1v) is 9.07. The second-order valence-corrected chi connectivity index (χ2v) is 6.85. The lowest BCUT2D eigenvalue weighted by molar-refractivity contribution is 0.0910. The van der Waals surface area contributed by atoms with Gasteiger partial charge in [-0.3, -0.25) is 4.79 Å². The third-order valence-corrected chi connectivity index (χ3v) is 5.05. The smallest absolute Gasteiger partial charge is 0.251 e. The summed E-state index contributed by atoms with van der Waals surface area (Å²) in [6, 6.07) is 7.62. The van der Waals surface area contributed by atoms with Crippen LogP contribution in [0.15, 0.2) is 35.2 Å². The van der Waals surface area contributed by atoms with Gasteiger partial charge in [-0.1, -0.05) is 19.8 Å². The van der Waals surface area contributed by atoms with E-state index in [9.17, 15) is 4.79 Å². The van der Waals surface area contributed by atoms with Crippen molar-refractivity contribution in [3.8, 4) is 5.75 Å². The van der Waals surface area contributed by atoms with Crippen LogP contribution in [0.2, 0.25) is 0 Å². The molecule has 23 heavy (non-hydrogen) atoms. The average molecular weight is 330 g/mol. The van der Waals surface area contributed by atoms with Crippen molar-refractivity contribution < 1.29 is 9.53 Å². The average Bonchev–Trinajstić information content (AvgIpc) is 3.09. The maximum atomic E-state index is 12.4. The van der Waals surface area contributed by atoms with E-state index in [0.29, 0.717) is 24.1 Å². The van der Waals surface area contributed by atoms with E-state index in [1.54, 1.807) is 16.8 Å². The van der Waals surface area contributed by atoms with Crippen molar-refractivity contribution >= 4 is 17.2 Å². The van der Waals surface area contributed by atoms with Crippen molar-refractivity contribution in [3.05, 3.63) is 46.4 Å². The minimum Gasteiger partial charge on any atom is -0.487 e. The number of aromatic nitrogens is 1. The number of rotatable bonds is 5. The molecular weight excluding hydrogens is 308 g/mol. The Balaban J connectivity index is 1.54. The van der Waals surface area contributed by atoms with E-state index in [2.05, 4.69) is 17.2 Å². The number of hydrogen-bond acceptors (Lipinski definition) is 4. The molecule has 4 nitrogen and oxygen atoms in total. The van der Waals surface area contributed by atoms with Crippen LogP contribution in [0.3, 0.4) is 0 Å². The van der Waals surface area contributed by atoms with E-state index in [1.807, 2.05) is 29.6 Å². The molecule has 5 heteroatoms. The Labute approximate surface area is 140 Å². The normalized spacial score (nSPS) is 20.9. The number of benzene rings is 1. The maximum Gasteiger partial charge on any atom is 0.251 e. The Kier molecular flexibility index (Phi) is 5.28. The summed E-state index contributed by atoms with van der Waals surface area (Å²) in [5, 5.41) is 5.14. The number of nitrogens with zero attached hydrogens (tertiary/aromatic N) is 1. The zero-order valence-corrected chi connectivity index (χ0v) is 14.1. The first kappa shape index (κ1) is 16.0. The van der Waals surface area contributed by atoms with Crippen LogP contribution in [0.25, 0.3) is 0 Å². The third-order valence-electron chi connectivity index (χ3n) is 4.41. The van der Waals surface area contributed by atoms with E-state index >= 15 is 0 Å². The molecular formula is C18H22N2O2S. The van der Waals surface area contributed by atoms with E-state index in [4.69, 9.17) is 4.74 Å². The molecule has 1 amide bonds. The number of carbonyl (C=O) groups excluding carboxylic acids is 1. The van der Waals surface area contributed by atoms with Crippen LogP contribution in [0.4, 0.5) is 0 Å². The SMILES string of the molecule is C[C@H]1CCCC[C@@H]1NC(=O)c1ccc(OCc2cscn2)cc1. The van der Waals surface area contributed by atoms with E-state index in [-0.39, 0.29) is 5.91 Å². The first-order valence-electron chi connectivity index (χ1n) is 8.13. The molecule has 1 fully saturated rings. The summed E-state index contributed by atoms with van der Waals surface area (Å²) in [6.07, 6.45) is 4.77. The predicted octanol–water partition coefficient (Wildman–Crippen LogP) is 4.03. The van der Waals surface area contributed by atoms with E-state index in [1.165, 1.54) is 19.3 Å². The minimum atomic E-state index is 0.00908. The molecule has 2 atom stereocenters. The van der Waals surface area contributed by atoms with Crippen LogP contribution in [0.1, 0.15) is 48.7 Å². The van der Waals surface area contributed by atoms with Gasteiger partial charge in [0.05, 0.1) is 11.2 Å². The van der Waals surface area contributed by atoms with Crippen LogP contribution in [0, 0.1) is 5.92 Å². The van der Waals surface area contributed by atoms with Gasteiger partial charge in [0.25, 0.3) is 5.91 Å². The van der Waals surface area contributed by atoms with Crippen LogP contribution < -0.4 is 10.1 Å². The predicted molar refractivity (Wildman–Crippen MR) is 91.8 cm³/mol. The van der Waals surface area contributed by atoms with Crippen LogP contribution in [0.5, 0.6) is 5.75 Å². The fourth-order valence-corrected chi connectivity index (χ4v) is 3.49. The molecule has 122 valence electrons. The lowest BCUT2D eigenvalue weighted by Crippen LogP contribution is -2.41. The van der Waals surface area contributed by atoms with Crippen molar-refractivity contribution in [1.82, 2.24) is 10.3 Å². The molecule has 0 saturated heterocycles. The molecule has 1 heterocycles. The van der Waals surface area contributed by atoms with Gasteiger partial charge in [-0.05, 0) is 43.0 Å². The summed E-state index contributed by atoms with van der Waals surface area (Å²) in [4.78, 5) is 16.5. The zero-order chi connectivity index (χ0) is 16.1. The Morgan fingerprint density at radius 3 is 2.78 bits per heavy atom. The lowest BCUT2D eigenvalue weighted by atomic mass is 9.86. The standard InChI is InChI=1S/C18H22N2O2S/c1-13-4-2-3-5-17(13)20-18(21)14-6-8-16(9-7-14)22-10-15-11-23-12-19-15/h6-9,11-13,17H,2-5,10H2,1H3,(H,20,21)/t13-,17-/m0/s1. The molecule has 1 aromatic carbocycles. The fraction of sp³-hybridized carbons (Fsp3) is 0.444. The van der Waals surface area contributed by atoms with Gasteiger partial charge in [-0.15, -0.1) is 11.3 Å². The molecule has 0 radical (unpaired) electrons. The van der Waals surface area contributed by atoms with Gasteiger partial charge in [0.2, 0.25) is 0 Å². The number of carbonyl (C=O) groups is 1. The molecule has 0 aliphatic heterocycles. The summed E-state index contributed by atoms with van der Waals surface area (Å²) >= 11 is 1.55. The highest BCUT2D eigenvalue weighted by Gasteiger charge is 2.23. The lowest BCUT2D eigenvalue weighted by Gasteiger charge is -2.29. The summed E-state index contributed by atoms with van der Waals surface area (Å²) in [7, 11) is 0. The number of thiazole rings is 1. The Bertz CT molecular complexity index is 625. The second kappa shape index (κ2) is 7.59. The topological polar surface area (TPSA) is 51.2 Å². The second-order valence-electron chi connectivity index (χ2n) is 6.13. The third kappa shape index (κ3) is 4.32. The van der Waals surface area contributed by atoms with Crippen molar-refractivity contribution in [3.63, 3.8) is 0 Å². The number of amides is 1. The maximum absolute atomic E-state index is 12.4. The zero-order valence-electron chi connectivity index (χ0n) is 13.3. The van der Waals surface area contributed by atoms with Gasteiger partial charge in [0.1, 0.15) is 12.4 Å². The van der Waals surface area contributed by atoms with Crippen LogP contribution in [-0.2, 0) is 6.61 Å². The van der Waals surface area contributed by atoms with Crippen molar-refractivity contribution in [2.45, 2.75) is 45.3 Å². The Hall–Kier alpha value is -1.88. The molecule has 1 saturated carbocycles. The summed E-state index contributed by atoms with van der Waals surface area (Å²) in [5.41, 5.74) is 3.39. The molecule has 1 aliphatic rings. The molecule has 3 rings (SSSR count). The minimum absolute atomic E-state index is 0.00908. The largest absolute Gasteiger partial charge is 0.487 e. The Morgan fingerprint density at radius 1 is 1.30 bits per heavy atom. The molecule has 0 unspecified atom stereocenters. The van der Waals surface area contributed by atoms with E-state index in [0.717, 1.165) is 17.9 Å². The van der Waals surface area contributed by atoms with Crippen LogP contribution in [-0.4, -0.2) is 16.9 Å².